The van der Waals surface area contributed by atoms with E-state index in [0.29, 0.717) is 19.4 Å². The maximum Gasteiger partial charge on any atom is 0.280 e. The number of fused-ring (bicyclic) bond motifs is 1. The minimum atomic E-state index is -1.02. The third-order valence-electron chi connectivity index (χ3n) is 5.16. The van der Waals surface area contributed by atoms with E-state index in [0.717, 1.165) is 0 Å². The number of aliphatic hydroxyl groups excluding tert-OH is 2. The van der Waals surface area contributed by atoms with Gasteiger partial charge < -0.3 is 25.4 Å². The first kappa shape index (κ1) is 13.4. The third-order valence-corrected chi connectivity index (χ3v) is 5.16. The SMILES string of the molecule is Nc1nc2c(ncn2[C@@H]2OC3(CC3O)[C@@H](O)[C@]23CCO3)c(=O)[nH]1. The summed E-state index contributed by atoms with van der Waals surface area (Å²) in [7, 11) is 0. The fourth-order valence-electron chi connectivity index (χ4n) is 3.74. The molecule has 2 aliphatic heterocycles. The number of aliphatic hydroxyl groups is 2. The fourth-order valence-corrected chi connectivity index (χ4v) is 3.74. The van der Waals surface area contributed by atoms with Gasteiger partial charge in [-0.2, -0.15) is 4.98 Å². The number of anilines is 1. The van der Waals surface area contributed by atoms with Gasteiger partial charge in [0.05, 0.1) is 19.0 Å². The van der Waals surface area contributed by atoms with Gasteiger partial charge in [0.1, 0.15) is 17.3 Å². The van der Waals surface area contributed by atoms with E-state index in [-0.39, 0.29) is 17.1 Å². The number of rotatable bonds is 1. The van der Waals surface area contributed by atoms with Gasteiger partial charge in [-0.15, -0.1) is 0 Å². The molecule has 122 valence electrons. The summed E-state index contributed by atoms with van der Waals surface area (Å²) in [6, 6.07) is 0. The number of nitrogens with one attached hydrogen (secondary N) is 1. The van der Waals surface area contributed by atoms with Crippen molar-refractivity contribution in [2.75, 3.05) is 12.3 Å². The highest BCUT2D eigenvalue weighted by Crippen LogP contribution is 2.61. The van der Waals surface area contributed by atoms with Gasteiger partial charge in [0.2, 0.25) is 5.95 Å². The lowest BCUT2D eigenvalue weighted by molar-refractivity contribution is -0.225. The summed E-state index contributed by atoms with van der Waals surface area (Å²) < 4.78 is 13.2. The van der Waals surface area contributed by atoms with Gasteiger partial charge in [-0.1, -0.05) is 0 Å². The monoisotopic (exact) mass is 321 g/mol. The fraction of sp³-hybridized carbons (Fsp3) is 0.615. The summed E-state index contributed by atoms with van der Waals surface area (Å²) in [5.41, 5.74) is 3.56. The average Bonchev–Trinajstić information content (AvgIpc) is 2.81. The standard InChI is InChI=1S/C13H15N5O5/c14-11-16-7-6(8(20)17-11)15-4-18(7)10-12(1-2-22-12)9(21)13(23-10)3-5(13)19/h4-5,9-10,19,21H,1-3H2,(H3,14,16,17,20)/t5?,9-,10+,12+,13?/m0/s1. The first-order valence-corrected chi connectivity index (χ1v) is 7.38. The molecule has 0 amide bonds. The Kier molecular flexibility index (Phi) is 2.28. The molecule has 0 radical (unpaired) electrons. The Morgan fingerprint density at radius 2 is 2.17 bits per heavy atom. The third kappa shape index (κ3) is 1.44. The summed E-state index contributed by atoms with van der Waals surface area (Å²) in [5, 5.41) is 20.6. The molecule has 3 aliphatic rings. The Bertz CT molecular complexity index is 873. The first-order chi connectivity index (χ1) is 11.0. The minimum absolute atomic E-state index is 0.0347. The number of aromatic amines is 1. The van der Waals surface area contributed by atoms with Crippen molar-refractivity contribution in [3.63, 3.8) is 0 Å². The zero-order chi connectivity index (χ0) is 16.0. The molecule has 5 atom stereocenters. The van der Waals surface area contributed by atoms with Crippen molar-refractivity contribution in [2.45, 2.75) is 42.5 Å². The number of nitrogens with zero attached hydrogens (tertiary/aromatic N) is 3. The second-order valence-electron chi connectivity index (χ2n) is 6.38. The number of hydrogen-bond donors (Lipinski definition) is 4. The highest BCUT2D eigenvalue weighted by molar-refractivity contribution is 5.70. The highest BCUT2D eigenvalue weighted by Gasteiger charge is 2.76. The molecule has 10 nitrogen and oxygen atoms in total. The van der Waals surface area contributed by atoms with E-state index in [9.17, 15) is 15.0 Å². The number of hydrogen-bond acceptors (Lipinski definition) is 8. The quantitative estimate of drug-likeness (QED) is 0.483. The zero-order valence-corrected chi connectivity index (χ0v) is 12.0. The predicted octanol–water partition coefficient (Wildman–Crippen LogP) is -1.75. The second kappa shape index (κ2) is 3.90. The van der Waals surface area contributed by atoms with Crippen LogP contribution in [-0.2, 0) is 9.47 Å². The number of nitrogen functional groups attached to an aromatic ring is 1. The highest BCUT2D eigenvalue weighted by atomic mass is 16.6. The van der Waals surface area contributed by atoms with Crippen LogP contribution in [0.25, 0.3) is 11.2 Å². The Labute approximate surface area is 128 Å². The lowest BCUT2D eigenvalue weighted by atomic mass is 9.85. The van der Waals surface area contributed by atoms with Gasteiger partial charge >= 0.3 is 0 Å². The van der Waals surface area contributed by atoms with Crippen molar-refractivity contribution in [3.05, 3.63) is 16.7 Å². The molecule has 2 unspecified atom stereocenters. The number of imidazole rings is 1. The van der Waals surface area contributed by atoms with Crippen LogP contribution in [0.1, 0.15) is 19.1 Å². The Morgan fingerprint density at radius 3 is 2.78 bits per heavy atom. The van der Waals surface area contributed by atoms with Crippen LogP contribution in [0.15, 0.2) is 11.1 Å². The molecule has 5 rings (SSSR count). The minimum Gasteiger partial charge on any atom is -0.390 e. The topological polar surface area (TPSA) is 149 Å². The van der Waals surface area contributed by atoms with Crippen molar-refractivity contribution in [3.8, 4) is 0 Å². The molecular weight excluding hydrogens is 306 g/mol. The van der Waals surface area contributed by atoms with Crippen molar-refractivity contribution in [1.82, 2.24) is 19.5 Å². The maximum absolute atomic E-state index is 11.9. The number of H-pyrrole nitrogens is 1. The van der Waals surface area contributed by atoms with Crippen LogP contribution in [0.4, 0.5) is 5.95 Å². The van der Waals surface area contributed by atoms with Crippen LogP contribution in [0, 0.1) is 0 Å². The Balaban J connectivity index is 1.68. The lowest BCUT2D eigenvalue weighted by Crippen LogP contribution is -2.57. The van der Waals surface area contributed by atoms with Crippen molar-refractivity contribution < 1.29 is 19.7 Å². The molecule has 23 heavy (non-hydrogen) atoms. The van der Waals surface area contributed by atoms with Crippen LogP contribution in [0.3, 0.4) is 0 Å². The first-order valence-electron chi connectivity index (χ1n) is 7.38. The van der Waals surface area contributed by atoms with Gasteiger partial charge in [0, 0.05) is 12.8 Å². The maximum atomic E-state index is 11.9. The van der Waals surface area contributed by atoms with Gasteiger partial charge in [-0.05, 0) is 0 Å². The van der Waals surface area contributed by atoms with E-state index in [1.165, 1.54) is 6.33 Å². The zero-order valence-electron chi connectivity index (χ0n) is 12.0. The van der Waals surface area contributed by atoms with Gasteiger partial charge in [-0.3, -0.25) is 14.3 Å². The molecule has 2 saturated heterocycles. The number of ether oxygens (including phenoxy) is 2. The van der Waals surface area contributed by atoms with Crippen LogP contribution in [0.5, 0.6) is 0 Å². The Hall–Kier alpha value is -2.01. The lowest BCUT2D eigenvalue weighted by Gasteiger charge is -2.44. The summed E-state index contributed by atoms with van der Waals surface area (Å²) in [6.45, 7) is 0.492. The van der Waals surface area contributed by atoms with E-state index in [1.54, 1.807) is 4.57 Å². The average molecular weight is 321 g/mol. The molecule has 2 aromatic rings. The second-order valence-corrected chi connectivity index (χ2v) is 6.38. The predicted molar refractivity (Wildman–Crippen MR) is 75.3 cm³/mol. The number of aromatic nitrogens is 4. The molecule has 2 spiro atoms. The van der Waals surface area contributed by atoms with E-state index < -0.39 is 35.2 Å². The summed E-state index contributed by atoms with van der Waals surface area (Å²) >= 11 is 0. The molecule has 10 heteroatoms. The van der Waals surface area contributed by atoms with Crippen LogP contribution >= 0.6 is 0 Å². The molecular formula is C13H15N5O5. The van der Waals surface area contributed by atoms with Crippen LogP contribution in [0.2, 0.25) is 0 Å². The van der Waals surface area contributed by atoms with Gasteiger partial charge in [0.15, 0.2) is 17.4 Å². The molecule has 0 bridgehead atoms. The van der Waals surface area contributed by atoms with E-state index >= 15 is 0 Å². The largest absolute Gasteiger partial charge is 0.390 e. The van der Waals surface area contributed by atoms with Gasteiger partial charge in [-0.25, -0.2) is 4.98 Å². The van der Waals surface area contributed by atoms with Gasteiger partial charge in [0.25, 0.3) is 5.56 Å². The summed E-state index contributed by atoms with van der Waals surface area (Å²) in [4.78, 5) is 22.5. The van der Waals surface area contributed by atoms with Crippen molar-refractivity contribution in [2.24, 2.45) is 0 Å². The summed E-state index contributed by atoms with van der Waals surface area (Å²) in [6.07, 6.45) is -0.0899. The van der Waals surface area contributed by atoms with Crippen LogP contribution < -0.4 is 11.3 Å². The molecule has 0 aromatic carbocycles. The molecule has 5 N–H and O–H groups in total. The summed E-state index contributed by atoms with van der Waals surface area (Å²) in [5.74, 6) is -0.0347. The van der Waals surface area contributed by atoms with Crippen molar-refractivity contribution >= 4 is 17.1 Å². The van der Waals surface area contributed by atoms with E-state index in [4.69, 9.17) is 15.2 Å². The molecule has 1 saturated carbocycles. The Morgan fingerprint density at radius 1 is 1.43 bits per heavy atom. The van der Waals surface area contributed by atoms with Crippen LogP contribution in [-0.4, -0.2) is 59.7 Å². The van der Waals surface area contributed by atoms with Crippen molar-refractivity contribution in [1.29, 1.82) is 0 Å². The molecule has 3 fully saturated rings. The van der Waals surface area contributed by atoms with E-state index in [1.807, 2.05) is 0 Å². The smallest absolute Gasteiger partial charge is 0.280 e. The molecule has 4 heterocycles. The van der Waals surface area contributed by atoms with E-state index in [2.05, 4.69) is 15.0 Å². The molecule has 2 aromatic heterocycles. The molecule has 1 aliphatic carbocycles. The number of nitrogens with two attached hydrogens (primary N) is 1. The normalized spacial score (nSPS) is 41.7.